The van der Waals surface area contributed by atoms with E-state index in [1.165, 1.54) is 13.2 Å². The number of allylic oxidation sites excluding steroid dienone is 1. The van der Waals surface area contributed by atoms with Gasteiger partial charge in [0.1, 0.15) is 5.69 Å². The van der Waals surface area contributed by atoms with Crippen LogP contribution in [0.3, 0.4) is 0 Å². The molecule has 1 aliphatic rings. The fourth-order valence-electron chi connectivity index (χ4n) is 3.91. The molecule has 0 saturated heterocycles. The van der Waals surface area contributed by atoms with Crippen molar-refractivity contribution in [2.45, 2.75) is 58.6 Å². The summed E-state index contributed by atoms with van der Waals surface area (Å²) in [5.41, 5.74) is 1.97. The monoisotopic (exact) mass is 404 g/mol. The van der Waals surface area contributed by atoms with Crippen molar-refractivity contribution in [3.63, 3.8) is 0 Å². The molecule has 0 unspecified atom stereocenters. The van der Waals surface area contributed by atoms with Crippen molar-refractivity contribution in [1.82, 2.24) is 0 Å². The highest BCUT2D eigenvalue weighted by atomic mass is 16.6. The maximum absolute atomic E-state index is 11.9. The first-order chi connectivity index (χ1) is 13.8. The Bertz CT molecular complexity index is 752. The van der Waals surface area contributed by atoms with Crippen molar-refractivity contribution in [2.24, 2.45) is 5.92 Å². The third-order valence-electron chi connectivity index (χ3n) is 5.45. The number of nitrogens with zero attached hydrogens (tertiary/aromatic N) is 2. The molecule has 0 aromatic heterocycles. The lowest BCUT2D eigenvalue weighted by atomic mass is 9.90. The molecule has 7 nitrogen and oxygen atoms in total. The Kier molecular flexibility index (Phi) is 8.20. The highest BCUT2D eigenvalue weighted by Crippen LogP contribution is 2.36. The van der Waals surface area contributed by atoms with Gasteiger partial charge in [0, 0.05) is 31.8 Å². The highest BCUT2D eigenvalue weighted by Gasteiger charge is 2.30. The Hall–Kier alpha value is -2.41. The second-order valence-corrected chi connectivity index (χ2v) is 8.02. The summed E-state index contributed by atoms with van der Waals surface area (Å²) in [6, 6.07) is 5.45. The van der Waals surface area contributed by atoms with Gasteiger partial charge in [-0.3, -0.25) is 10.1 Å². The zero-order valence-electron chi connectivity index (χ0n) is 18.0. The zero-order valence-corrected chi connectivity index (χ0v) is 18.0. The Labute approximate surface area is 172 Å². The van der Waals surface area contributed by atoms with Gasteiger partial charge in [-0.15, -0.1) is 0 Å². The summed E-state index contributed by atoms with van der Waals surface area (Å²) in [6.45, 7) is 6.74. The van der Waals surface area contributed by atoms with Crippen LogP contribution in [0.5, 0.6) is 0 Å². The van der Waals surface area contributed by atoms with Crippen LogP contribution in [-0.2, 0) is 14.3 Å². The van der Waals surface area contributed by atoms with E-state index in [1.807, 2.05) is 12.1 Å². The molecule has 1 saturated carbocycles. The fraction of sp³-hybridized carbons (Fsp3) is 0.591. The molecule has 0 bridgehead atoms. The van der Waals surface area contributed by atoms with E-state index in [1.54, 1.807) is 20.1 Å². The number of nitro benzene ring substituents is 1. The minimum absolute atomic E-state index is 0.0645. The summed E-state index contributed by atoms with van der Waals surface area (Å²) >= 11 is 0. The van der Waals surface area contributed by atoms with Gasteiger partial charge >= 0.3 is 5.97 Å². The van der Waals surface area contributed by atoms with Crippen molar-refractivity contribution in [1.29, 1.82) is 0 Å². The number of carbonyl (C=O) groups excluding carboxylic acids is 1. The first kappa shape index (κ1) is 22.9. The molecule has 0 N–H and O–H groups in total. The Morgan fingerprint density at radius 3 is 2.45 bits per heavy atom. The normalized spacial score (nSPS) is 19.9. The summed E-state index contributed by atoms with van der Waals surface area (Å²) in [4.78, 5) is 25.3. The molecule has 0 atom stereocenters. The molecule has 160 valence electrons. The highest BCUT2D eigenvalue weighted by molar-refractivity contribution is 5.91. The molecule has 29 heavy (non-hydrogen) atoms. The van der Waals surface area contributed by atoms with E-state index in [0.29, 0.717) is 22.7 Å². The molecule has 1 aromatic rings. The lowest BCUT2D eigenvalue weighted by Crippen LogP contribution is -2.41. The number of nitro groups is 1. The maximum atomic E-state index is 11.9. The van der Waals surface area contributed by atoms with Crippen LogP contribution >= 0.6 is 0 Å². The van der Waals surface area contributed by atoms with E-state index in [2.05, 4.69) is 23.5 Å². The molecule has 2 rings (SSSR count). The fourth-order valence-corrected chi connectivity index (χ4v) is 3.91. The van der Waals surface area contributed by atoms with Crippen LogP contribution in [0.4, 0.5) is 11.4 Å². The first-order valence-electron chi connectivity index (χ1n) is 10.1. The van der Waals surface area contributed by atoms with Gasteiger partial charge in [0.2, 0.25) is 0 Å². The number of rotatable bonds is 8. The van der Waals surface area contributed by atoms with Crippen molar-refractivity contribution in [3.8, 4) is 0 Å². The molecule has 0 amide bonds. The summed E-state index contributed by atoms with van der Waals surface area (Å²) in [5.74, 6) is -0.110. The Morgan fingerprint density at radius 1 is 1.28 bits per heavy atom. The Morgan fingerprint density at radius 2 is 1.93 bits per heavy atom. The molecule has 7 heteroatoms. The predicted octanol–water partition coefficient (Wildman–Crippen LogP) is 4.59. The number of anilines is 1. The number of methoxy groups -OCH3 is 2. The standard InChI is InChI=1S/C22H32N2O5/c1-15(2)14-23(18-7-9-19(28-4)10-8-18)20-11-6-17(13-21(20)24(26)27)16(3)12-22(25)29-5/h6,11-13,15,18-19H,7-10,14H2,1-5H3/b16-12+/t18-,19-. The van der Waals surface area contributed by atoms with E-state index >= 15 is 0 Å². The van der Waals surface area contributed by atoms with Crippen molar-refractivity contribution in [3.05, 3.63) is 40.0 Å². The second-order valence-electron chi connectivity index (χ2n) is 8.02. The van der Waals surface area contributed by atoms with Gasteiger partial charge in [-0.05, 0) is 55.7 Å². The third-order valence-corrected chi connectivity index (χ3v) is 5.45. The minimum Gasteiger partial charge on any atom is -0.466 e. The van der Waals surface area contributed by atoms with E-state index in [9.17, 15) is 14.9 Å². The van der Waals surface area contributed by atoms with Gasteiger partial charge in [-0.2, -0.15) is 0 Å². The lowest BCUT2D eigenvalue weighted by Gasteiger charge is -2.38. The number of carbonyl (C=O) groups is 1. The second kappa shape index (κ2) is 10.4. The molecule has 0 spiro atoms. The van der Waals surface area contributed by atoms with Gasteiger partial charge < -0.3 is 14.4 Å². The van der Waals surface area contributed by atoms with Crippen LogP contribution in [0.25, 0.3) is 5.57 Å². The smallest absolute Gasteiger partial charge is 0.330 e. The number of esters is 1. The number of hydrogen-bond donors (Lipinski definition) is 0. The molecule has 0 aliphatic heterocycles. The van der Waals surface area contributed by atoms with Gasteiger partial charge in [0.25, 0.3) is 5.69 Å². The summed E-state index contributed by atoms with van der Waals surface area (Å²) in [6.07, 6.45) is 5.44. The zero-order chi connectivity index (χ0) is 21.6. The SMILES string of the molecule is COC(=O)/C=C(\C)c1ccc(N(CC(C)C)[C@H]2CC[C@H](OC)CC2)c([N+](=O)[O-])c1. The van der Waals surface area contributed by atoms with E-state index in [-0.39, 0.29) is 22.8 Å². The molecule has 1 fully saturated rings. The van der Waals surface area contributed by atoms with Crippen LogP contribution in [0, 0.1) is 16.0 Å². The molecule has 0 heterocycles. The van der Waals surface area contributed by atoms with Gasteiger partial charge in [-0.25, -0.2) is 4.79 Å². The van der Waals surface area contributed by atoms with Gasteiger partial charge in [-0.1, -0.05) is 19.9 Å². The number of benzene rings is 1. The average molecular weight is 405 g/mol. The van der Waals surface area contributed by atoms with Crippen molar-refractivity contribution >= 4 is 22.9 Å². The molecular weight excluding hydrogens is 372 g/mol. The predicted molar refractivity (Wildman–Crippen MR) is 114 cm³/mol. The van der Waals surface area contributed by atoms with Crippen LogP contribution in [0.1, 0.15) is 52.0 Å². The topological polar surface area (TPSA) is 81.9 Å². The van der Waals surface area contributed by atoms with Crippen LogP contribution in [-0.4, -0.2) is 43.8 Å². The molecule has 0 radical (unpaired) electrons. The quantitative estimate of drug-likeness (QED) is 0.273. The number of hydrogen-bond acceptors (Lipinski definition) is 6. The van der Waals surface area contributed by atoms with Crippen LogP contribution < -0.4 is 4.90 Å². The van der Waals surface area contributed by atoms with Crippen LogP contribution in [0.2, 0.25) is 0 Å². The van der Waals surface area contributed by atoms with E-state index < -0.39 is 5.97 Å². The summed E-state index contributed by atoms with van der Waals surface area (Å²) in [5, 5.41) is 11.9. The summed E-state index contributed by atoms with van der Waals surface area (Å²) < 4.78 is 10.1. The molecular formula is C22H32N2O5. The number of ether oxygens (including phenoxy) is 2. The van der Waals surface area contributed by atoms with Gasteiger partial charge in [0.15, 0.2) is 0 Å². The largest absolute Gasteiger partial charge is 0.466 e. The lowest BCUT2D eigenvalue weighted by molar-refractivity contribution is -0.384. The van der Waals surface area contributed by atoms with Crippen LogP contribution in [0.15, 0.2) is 24.3 Å². The van der Waals surface area contributed by atoms with Gasteiger partial charge in [0.05, 0.1) is 18.1 Å². The maximum Gasteiger partial charge on any atom is 0.330 e. The molecule has 1 aromatic carbocycles. The molecule has 1 aliphatic carbocycles. The third kappa shape index (κ3) is 6.03. The Balaban J connectivity index is 2.41. The first-order valence-corrected chi connectivity index (χ1v) is 10.1. The minimum atomic E-state index is -0.481. The van der Waals surface area contributed by atoms with E-state index in [0.717, 1.165) is 32.2 Å². The summed E-state index contributed by atoms with van der Waals surface area (Å²) in [7, 11) is 3.05. The van der Waals surface area contributed by atoms with Crippen molar-refractivity contribution < 1.29 is 19.2 Å². The van der Waals surface area contributed by atoms with E-state index in [4.69, 9.17) is 4.74 Å². The average Bonchev–Trinajstić information content (AvgIpc) is 2.71. The van der Waals surface area contributed by atoms with Crippen molar-refractivity contribution in [2.75, 3.05) is 25.7 Å².